The molecule has 3 aromatic carbocycles. The van der Waals surface area contributed by atoms with Crippen LogP contribution in [0, 0.1) is 6.92 Å². The number of aryl methyl sites for hydroxylation is 1. The molecule has 0 heterocycles. The molecule has 19 heavy (non-hydrogen) atoms. The van der Waals surface area contributed by atoms with E-state index in [-0.39, 0.29) is 6.04 Å². The number of nitrogens with two attached hydrogens (primary N) is 1. The van der Waals surface area contributed by atoms with E-state index in [4.69, 9.17) is 5.73 Å². The SMILES string of the molecule is Cc1cccc(C(N)c2ccc3ccccc3c2)c1. The Balaban J connectivity index is 2.04. The summed E-state index contributed by atoms with van der Waals surface area (Å²) in [6, 6.07) is 23.1. The molecule has 3 rings (SSSR count). The highest BCUT2D eigenvalue weighted by Crippen LogP contribution is 2.24. The van der Waals surface area contributed by atoms with Crippen LogP contribution < -0.4 is 5.73 Å². The van der Waals surface area contributed by atoms with Crippen molar-refractivity contribution in [2.75, 3.05) is 0 Å². The van der Waals surface area contributed by atoms with Gasteiger partial charge in [0.25, 0.3) is 0 Å². The molecular weight excluding hydrogens is 230 g/mol. The van der Waals surface area contributed by atoms with Gasteiger partial charge in [0.1, 0.15) is 0 Å². The first-order valence-electron chi connectivity index (χ1n) is 6.55. The molecule has 0 aliphatic carbocycles. The smallest absolute Gasteiger partial charge is 0.0551 e. The van der Waals surface area contributed by atoms with E-state index in [1.807, 2.05) is 0 Å². The Hall–Kier alpha value is -2.12. The molecule has 1 nitrogen and oxygen atoms in total. The highest BCUT2D eigenvalue weighted by atomic mass is 14.6. The maximum atomic E-state index is 6.38. The summed E-state index contributed by atoms with van der Waals surface area (Å²) in [4.78, 5) is 0. The van der Waals surface area contributed by atoms with E-state index in [0.29, 0.717) is 0 Å². The number of hydrogen-bond acceptors (Lipinski definition) is 1. The number of benzene rings is 3. The largest absolute Gasteiger partial charge is 0.320 e. The van der Waals surface area contributed by atoms with Crippen molar-refractivity contribution >= 4 is 10.8 Å². The molecule has 0 radical (unpaired) electrons. The lowest BCUT2D eigenvalue weighted by Crippen LogP contribution is -2.11. The monoisotopic (exact) mass is 247 g/mol. The van der Waals surface area contributed by atoms with E-state index < -0.39 is 0 Å². The fourth-order valence-corrected chi connectivity index (χ4v) is 2.46. The van der Waals surface area contributed by atoms with Crippen molar-refractivity contribution in [1.82, 2.24) is 0 Å². The van der Waals surface area contributed by atoms with Gasteiger partial charge in [-0.05, 0) is 34.9 Å². The number of fused-ring (bicyclic) bond motifs is 1. The Morgan fingerprint density at radius 2 is 1.47 bits per heavy atom. The molecule has 0 spiro atoms. The van der Waals surface area contributed by atoms with Crippen LogP contribution in [0.25, 0.3) is 10.8 Å². The van der Waals surface area contributed by atoms with Crippen molar-refractivity contribution in [3.8, 4) is 0 Å². The first kappa shape index (κ1) is 11.9. The van der Waals surface area contributed by atoms with Gasteiger partial charge in [-0.1, -0.05) is 66.2 Å². The van der Waals surface area contributed by atoms with Crippen LogP contribution in [-0.2, 0) is 0 Å². The minimum Gasteiger partial charge on any atom is -0.320 e. The first-order chi connectivity index (χ1) is 9.24. The van der Waals surface area contributed by atoms with E-state index in [2.05, 4.69) is 73.7 Å². The Kier molecular flexibility index (Phi) is 3.06. The Morgan fingerprint density at radius 1 is 0.737 bits per heavy atom. The maximum absolute atomic E-state index is 6.38. The van der Waals surface area contributed by atoms with Gasteiger partial charge < -0.3 is 5.73 Å². The molecule has 0 saturated carbocycles. The zero-order valence-electron chi connectivity index (χ0n) is 11.0. The van der Waals surface area contributed by atoms with Crippen LogP contribution in [0.1, 0.15) is 22.7 Å². The van der Waals surface area contributed by atoms with Gasteiger partial charge in [-0.2, -0.15) is 0 Å². The topological polar surface area (TPSA) is 26.0 Å². The third-order valence-corrected chi connectivity index (χ3v) is 3.53. The normalized spacial score (nSPS) is 12.5. The summed E-state index contributed by atoms with van der Waals surface area (Å²) < 4.78 is 0. The van der Waals surface area contributed by atoms with E-state index in [1.54, 1.807) is 0 Å². The minimum absolute atomic E-state index is 0.0653. The molecular formula is C18H17N. The Morgan fingerprint density at radius 3 is 2.26 bits per heavy atom. The van der Waals surface area contributed by atoms with Crippen LogP contribution in [0.2, 0.25) is 0 Å². The van der Waals surface area contributed by atoms with Gasteiger partial charge >= 0.3 is 0 Å². The van der Waals surface area contributed by atoms with Gasteiger partial charge in [0.05, 0.1) is 6.04 Å². The standard InChI is InChI=1S/C18H17N/c1-13-5-4-8-16(11-13)18(19)17-10-9-14-6-2-3-7-15(14)12-17/h2-12,18H,19H2,1H3. The Bertz CT molecular complexity index is 715. The molecule has 0 aromatic heterocycles. The van der Waals surface area contributed by atoms with Gasteiger partial charge in [-0.15, -0.1) is 0 Å². The van der Waals surface area contributed by atoms with Gasteiger partial charge in [0.2, 0.25) is 0 Å². The fourth-order valence-electron chi connectivity index (χ4n) is 2.46. The van der Waals surface area contributed by atoms with Crippen molar-refractivity contribution in [1.29, 1.82) is 0 Å². The summed E-state index contributed by atoms with van der Waals surface area (Å²) in [5.41, 5.74) is 9.94. The second-order valence-corrected chi connectivity index (χ2v) is 5.00. The minimum atomic E-state index is -0.0653. The predicted octanol–water partition coefficient (Wildman–Crippen LogP) is 4.20. The molecule has 1 heteroatoms. The second-order valence-electron chi connectivity index (χ2n) is 5.00. The first-order valence-corrected chi connectivity index (χ1v) is 6.55. The van der Waals surface area contributed by atoms with Crippen LogP contribution in [0.5, 0.6) is 0 Å². The molecule has 3 aromatic rings. The molecule has 0 saturated heterocycles. The van der Waals surface area contributed by atoms with Crippen LogP contribution in [-0.4, -0.2) is 0 Å². The molecule has 0 aliphatic rings. The number of hydrogen-bond donors (Lipinski definition) is 1. The van der Waals surface area contributed by atoms with Gasteiger partial charge in [-0.3, -0.25) is 0 Å². The quantitative estimate of drug-likeness (QED) is 0.721. The fraction of sp³-hybridized carbons (Fsp3) is 0.111. The summed E-state index contributed by atoms with van der Waals surface area (Å²) >= 11 is 0. The predicted molar refractivity (Wildman–Crippen MR) is 81.2 cm³/mol. The summed E-state index contributed by atoms with van der Waals surface area (Å²) in [6.45, 7) is 2.09. The third-order valence-electron chi connectivity index (χ3n) is 3.53. The van der Waals surface area contributed by atoms with Crippen molar-refractivity contribution in [2.45, 2.75) is 13.0 Å². The average Bonchev–Trinajstić information content (AvgIpc) is 2.46. The van der Waals surface area contributed by atoms with Crippen molar-refractivity contribution in [3.05, 3.63) is 83.4 Å². The highest BCUT2D eigenvalue weighted by Gasteiger charge is 2.09. The van der Waals surface area contributed by atoms with E-state index in [1.165, 1.54) is 16.3 Å². The molecule has 0 bridgehead atoms. The third kappa shape index (κ3) is 2.38. The zero-order chi connectivity index (χ0) is 13.2. The summed E-state index contributed by atoms with van der Waals surface area (Å²) in [7, 11) is 0. The molecule has 0 fully saturated rings. The van der Waals surface area contributed by atoms with Gasteiger partial charge in [-0.25, -0.2) is 0 Å². The van der Waals surface area contributed by atoms with Crippen molar-refractivity contribution < 1.29 is 0 Å². The van der Waals surface area contributed by atoms with E-state index >= 15 is 0 Å². The van der Waals surface area contributed by atoms with Crippen molar-refractivity contribution in [2.24, 2.45) is 5.73 Å². The highest BCUT2D eigenvalue weighted by molar-refractivity contribution is 5.83. The van der Waals surface area contributed by atoms with Crippen LogP contribution >= 0.6 is 0 Å². The zero-order valence-corrected chi connectivity index (χ0v) is 11.0. The maximum Gasteiger partial charge on any atom is 0.0551 e. The molecule has 2 N–H and O–H groups in total. The summed E-state index contributed by atoms with van der Waals surface area (Å²) in [5.74, 6) is 0. The number of rotatable bonds is 2. The summed E-state index contributed by atoms with van der Waals surface area (Å²) in [5, 5.41) is 2.49. The second kappa shape index (κ2) is 4.87. The van der Waals surface area contributed by atoms with Crippen molar-refractivity contribution in [3.63, 3.8) is 0 Å². The molecule has 0 aliphatic heterocycles. The average molecular weight is 247 g/mol. The van der Waals surface area contributed by atoms with Crippen LogP contribution in [0.4, 0.5) is 0 Å². The van der Waals surface area contributed by atoms with Gasteiger partial charge in [0.15, 0.2) is 0 Å². The van der Waals surface area contributed by atoms with E-state index in [0.717, 1.165) is 11.1 Å². The lowest BCUT2D eigenvalue weighted by atomic mass is 9.96. The van der Waals surface area contributed by atoms with Gasteiger partial charge in [0, 0.05) is 0 Å². The lowest BCUT2D eigenvalue weighted by Gasteiger charge is -2.14. The van der Waals surface area contributed by atoms with Crippen LogP contribution in [0.15, 0.2) is 66.7 Å². The van der Waals surface area contributed by atoms with Crippen LogP contribution in [0.3, 0.4) is 0 Å². The lowest BCUT2D eigenvalue weighted by molar-refractivity contribution is 0.872. The Labute approximate surface area is 113 Å². The molecule has 1 unspecified atom stereocenters. The molecule has 94 valence electrons. The molecule has 0 amide bonds. The van der Waals surface area contributed by atoms with E-state index in [9.17, 15) is 0 Å². The molecule has 1 atom stereocenters. The summed E-state index contributed by atoms with van der Waals surface area (Å²) in [6.07, 6.45) is 0.